The van der Waals surface area contributed by atoms with E-state index in [0.29, 0.717) is 12.1 Å². The molecule has 0 fully saturated rings. The molecule has 0 aliphatic carbocycles. The Morgan fingerprint density at radius 3 is 0.900 bits per heavy atom. The highest BCUT2D eigenvalue weighted by Gasteiger charge is 2.47. The van der Waals surface area contributed by atoms with Crippen molar-refractivity contribution in [2.45, 2.75) is 121 Å². The number of nitrogens with zero attached hydrogens (tertiary/aromatic N) is 2. The number of carbonyl (C=O) groups is 2. The Kier molecular flexibility index (Phi) is 23.2. The summed E-state index contributed by atoms with van der Waals surface area (Å²) < 4.78 is 354. The van der Waals surface area contributed by atoms with Crippen LogP contribution in [0.4, 0.5) is 105 Å². The summed E-state index contributed by atoms with van der Waals surface area (Å²) in [5.41, 5.74) is -28.9. The van der Waals surface area contributed by atoms with E-state index in [-0.39, 0.29) is 18.8 Å². The van der Waals surface area contributed by atoms with Gasteiger partial charge in [-0.1, -0.05) is 131 Å². The Morgan fingerprint density at radius 1 is 0.389 bits per heavy atom. The van der Waals surface area contributed by atoms with Crippen LogP contribution in [-0.2, 0) is 75.0 Å². The number of allylic oxidation sites excluding steroid dienone is 1. The molecule has 0 N–H and O–H groups in total. The van der Waals surface area contributed by atoms with Gasteiger partial charge in [0, 0.05) is 5.57 Å². The molecule has 1 heterocycles. The standard InChI is InChI=1S/C32H12BF24.C27H37N2O4/c34-25(35,36)13-1-14(26(37,38)39)6-21(5-13)33(22-7-15(27(40,41)42)2-16(8-22)28(43,44)45,23-9-17(29(46,47)48)3-18(10-23)30(49,50)51)24-11-19(31(52,53)54)4-20(12-24)32(55,56)57;1-3-5-7-12-20-32-26(30)25(27(31)33-21-13-8-6-4-2)24(23-14-10-9-11-15-23)22-29-18-16-28-17-19-29/h1-12H;9-11,14-19H,3-8,12-13,20-22H2,1-2H3/q-1;+1. The first-order valence-electron chi connectivity index (χ1n) is 26.7. The van der Waals surface area contributed by atoms with Crippen LogP contribution in [0.25, 0.3) is 5.57 Å². The maximum atomic E-state index is 14.2. The minimum absolute atomic E-state index is 0.0310. The van der Waals surface area contributed by atoms with Gasteiger partial charge in [0.1, 0.15) is 6.15 Å². The van der Waals surface area contributed by atoms with Gasteiger partial charge in [0.2, 0.25) is 0 Å². The van der Waals surface area contributed by atoms with Gasteiger partial charge >= 0.3 is 61.3 Å². The monoisotopic (exact) mass is 1320 g/mol. The molecule has 0 saturated heterocycles. The molecule has 6 nitrogen and oxygen atoms in total. The zero-order valence-electron chi connectivity index (χ0n) is 46.6. The molecule has 0 radical (unpaired) electrons. The average Bonchev–Trinajstić information content (AvgIpc) is 0.719. The van der Waals surface area contributed by atoms with Gasteiger partial charge in [-0.25, -0.2) is 9.59 Å². The van der Waals surface area contributed by atoms with Gasteiger partial charge in [0.15, 0.2) is 24.5 Å². The molecule has 0 atom stereocenters. The summed E-state index contributed by atoms with van der Waals surface area (Å²) in [6, 6.07) is 0.640. The minimum Gasteiger partial charge on any atom is -0.462 e. The topological polar surface area (TPSA) is 69.4 Å². The molecule has 0 amide bonds. The van der Waals surface area contributed by atoms with Crippen molar-refractivity contribution in [1.82, 2.24) is 4.98 Å². The number of halogens is 24. The van der Waals surface area contributed by atoms with Gasteiger partial charge in [0.05, 0.1) is 70.1 Å². The molecular formula is C59H49BF24N2O4. The van der Waals surface area contributed by atoms with Crippen molar-refractivity contribution < 1.29 is 129 Å². The van der Waals surface area contributed by atoms with Gasteiger partial charge in [-0.05, 0) is 42.7 Å². The van der Waals surface area contributed by atoms with E-state index < -0.39 is 207 Å². The van der Waals surface area contributed by atoms with E-state index in [9.17, 15) is 115 Å². The number of aromatic nitrogens is 2. The second-order valence-electron chi connectivity index (χ2n) is 20.3. The van der Waals surface area contributed by atoms with Crippen LogP contribution in [0.5, 0.6) is 0 Å². The summed E-state index contributed by atoms with van der Waals surface area (Å²) in [5.74, 6) is -1.25. The van der Waals surface area contributed by atoms with E-state index in [1.807, 2.05) is 34.9 Å². The highest BCUT2D eigenvalue weighted by atomic mass is 19.4. The quantitative estimate of drug-likeness (QED) is 0.0118. The average molecular weight is 1320 g/mol. The van der Waals surface area contributed by atoms with Crippen molar-refractivity contribution in [3.05, 3.63) is 184 Å². The van der Waals surface area contributed by atoms with Gasteiger partial charge in [-0.3, -0.25) is 4.98 Å². The fraction of sp³-hybridized carbons (Fsp3) is 0.356. The van der Waals surface area contributed by atoms with Crippen LogP contribution < -0.4 is 26.4 Å². The Labute approximate surface area is 496 Å². The van der Waals surface area contributed by atoms with E-state index in [2.05, 4.69) is 18.8 Å². The van der Waals surface area contributed by atoms with E-state index >= 15 is 0 Å². The van der Waals surface area contributed by atoms with Crippen molar-refractivity contribution in [2.75, 3.05) is 13.2 Å². The van der Waals surface area contributed by atoms with Crippen LogP contribution in [-0.4, -0.2) is 36.3 Å². The van der Waals surface area contributed by atoms with Crippen LogP contribution in [0, 0.1) is 0 Å². The number of carbonyl (C=O) groups excluding carboxylic acids is 2. The SMILES string of the molecule is CCCCCCOC(=O)C(C(=O)OCCCCCC)=C(C[n+]1ccncc1)c1ccccc1.FC(F)(F)c1cc([B-](c2cc(C(F)(F)F)cc(C(F)(F)F)c2)(c2cc(C(F)(F)F)cc(C(F)(F)F)c2)c2cc(C(F)(F)F)cc(C(F)(F)F)c2)cc(C(F)(F)F)c1. The molecule has 31 heteroatoms. The smallest absolute Gasteiger partial charge is 0.416 e. The van der Waals surface area contributed by atoms with Gasteiger partial charge in [0.25, 0.3) is 0 Å². The van der Waals surface area contributed by atoms with E-state index in [4.69, 9.17) is 9.47 Å². The molecule has 5 aromatic carbocycles. The first-order valence-corrected chi connectivity index (χ1v) is 26.7. The predicted octanol–water partition coefficient (Wildman–Crippen LogP) is 16.3. The normalized spacial score (nSPS) is 12.9. The Balaban J connectivity index is 0.000000378. The molecule has 6 aromatic rings. The molecule has 1 aromatic heterocycles. The summed E-state index contributed by atoms with van der Waals surface area (Å²) in [4.78, 5) is 30.4. The third kappa shape index (κ3) is 19.1. The molecular weight excluding hydrogens is 1270 g/mol. The van der Waals surface area contributed by atoms with Gasteiger partial charge < -0.3 is 9.47 Å². The lowest BCUT2D eigenvalue weighted by Gasteiger charge is -2.46. The second kappa shape index (κ2) is 28.6. The number of ether oxygens (including phenoxy) is 2. The fourth-order valence-corrected chi connectivity index (χ4v) is 9.52. The van der Waals surface area contributed by atoms with Gasteiger partial charge in [-0.2, -0.15) is 132 Å². The van der Waals surface area contributed by atoms with Crippen LogP contribution >= 0.6 is 0 Å². The summed E-state index contributed by atoms with van der Waals surface area (Å²) >= 11 is 0. The fourth-order valence-electron chi connectivity index (χ4n) is 9.52. The number of esters is 2. The summed E-state index contributed by atoms with van der Waals surface area (Å²) in [5, 5.41) is 0. The van der Waals surface area contributed by atoms with Crippen LogP contribution in [0.2, 0.25) is 0 Å². The Bertz CT molecular complexity index is 2970. The van der Waals surface area contributed by atoms with Gasteiger partial charge in [-0.15, -0.1) is 0 Å². The van der Waals surface area contributed by atoms with Crippen molar-refractivity contribution in [3.8, 4) is 0 Å². The van der Waals surface area contributed by atoms with E-state index in [1.54, 1.807) is 24.8 Å². The number of alkyl halides is 24. The summed E-state index contributed by atoms with van der Waals surface area (Å²) in [6.07, 6.45) is -40.0. The Hall–Kier alpha value is -7.76. The molecule has 0 spiro atoms. The number of benzene rings is 5. The number of unbranched alkanes of at least 4 members (excludes halogenated alkanes) is 6. The number of hydrogen-bond acceptors (Lipinski definition) is 5. The summed E-state index contributed by atoms with van der Waals surface area (Å²) in [6.45, 7) is 5.16. The van der Waals surface area contributed by atoms with Crippen LogP contribution in [0.3, 0.4) is 0 Å². The lowest BCUT2D eigenvalue weighted by molar-refractivity contribution is -0.684. The van der Waals surface area contributed by atoms with Crippen LogP contribution in [0.15, 0.2) is 133 Å². The van der Waals surface area contributed by atoms with E-state index in [1.165, 1.54) is 0 Å². The van der Waals surface area contributed by atoms with Crippen LogP contribution in [0.1, 0.15) is 115 Å². The van der Waals surface area contributed by atoms with Crippen molar-refractivity contribution in [3.63, 3.8) is 0 Å². The number of hydrogen-bond donors (Lipinski definition) is 0. The highest BCUT2D eigenvalue weighted by molar-refractivity contribution is 7.20. The van der Waals surface area contributed by atoms with Crippen molar-refractivity contribution >= 4 is 45.5 Å². The molecule has 0 aliphatic rings. The predicted molar refractivity (Wildman–Crippen MR) is 278 cm³/mol. The third-order valence-corrected chi connectivity index (χ3v) is 13.8. The Morgan fingerprint density at radius 2 is 0.656 bits per heavy atom. The second-order valence-corrected chi connectivity index (χ2v) is 20.3. The van der Waals surface area contributed by atoms with Crippen molar-refractivity contribution in [2.24, 2.45) is 0 Å². The number of rotatable bonds is 19. The highest BCUT2D eigenvalue weighted by Crippen LogP contribution is 2.42. The summed E-state index contributed by atoms with van der Waals surface area (Å²) in [7, 11) is 0. The molecule has 0 saturated carbocycles. The molecule has 90 heavy (non-hydrogen) atoms. The maximum absolute atomic E-state index is 14.2. The first-order chi connectivity index (χ1) is 41.4. The lowest BCUT2D eigenvalue weighted by Crippen LogP contribution is -2.75. The lowest BCUT2D eigenvalue weighted by atomic mass is 9.12. The molecule has 0 aliphatic heterocycles. The first kappa shape index (κ1) is 73.0. The molecule has 490 valence electrons. The largest absolute Gasteiger partial charge is 0.462 e. The zero-order chi connectivity index (χ0) is 67.6. The molecule has 0 bridgehead atoms. The molecule has 6 rings (SSSR count). The van der Waals surface area contributed by atoms with Crippen molar-refractivity contribution in [1.29, 1.82) is 0 Å². The zero-order valence-corrected chi connectivity index (χ0v) is 46.6. The minimum atomic E-state index is -6.13. The maximum Gasteiger partial charge on any atom is 0.416 e. The third-order valence-electron chi connectivity index (χ3n) is 13.8. The van der Waals surface area contributed by atoms with E-state index in [0.717, 1.165) is 56.9 Å². The molecule has 0 unspecified atom stereocenters.